The largest absolute Gasteiger partial charge is 0.506 e. The fraction of sp³-hybridized carbons (Fsp3) is 0.292. The predicted octanol–water partition coefficient (Wildman–Crippen LogP) is 2.23. The zero-order valence-corrected chi connectivity index (χ0v) is 19.3. The van der Waals surface area contributed by atoms with Crippen molar-refractivity contribution in [1.82, 2.24) is 14.6 Å². The Morgan fingerprint density at radius 1 is 1.29 bits per heavy atom. The molecule has 0 spiro atoms. The molecule has 1 aliphatic rings. The molecule has 1 aromatic carbocycles. The van der Waals surface area contributed by atoms with Gasteiger partial charge >= 0.3 is 6.16 Å². The Balaban J connectivity index is 1.89. The van der Waals surface area contributed by atoms with Crippen molar-refractivity contribution in [3.8, 4) is 11.4 Å². The van der Waals surface area contributed by atoms with Crippen LogP contribution in [0.15, 0.2) is 34.9 Å². The van der Waals surface area contributed by atoms with E-state index in [0.717, 1.165) is 11.1 Å². The van der Waals surface area contributed by atoms with E-state index in [-0.39, 0.29) is 43.8 Å². The number of aryl methyl sites for hydroxylation is 2. The molecule has 11 heteroatoms. The van der Waals surface area contributed by atoms with Gasteiger partial charge in [0.05, 0.1) is 35.6 Å². The molecular formula is C24H26FN5O5. The lowest BCUT2D eigenvalue weighted by atomic mass is 9.98. The van der Waals surface area contributed by atoms with E-state index in [1.54, 1.807) is 26.0 Å². The number of halogens is 1. The number of hydrogen-bond acceptors (Lipinski definition) is 8. The molecule has 6 N–H and O–H groups in total. The first-order chi connectivity index (χ1) is 16.6. The van der Waals surface area contributed by atoms with Crippen molar-refractivity contribution in [2.45, 2.75) is 40.0 Å². The molecule has 0 aliphatic carbocycles. The standard InChI is InChI=1S/C24H26FN5O5/c1-12-6-21-22-17(10-30(21)23(32)18(12)11-35-24(33)34)16(9-29(27)8-14(26)3-4-31)15-5-13(2)19(25)7-20(15)28-22/h5-8,31H,3-4,9-11,26-27H2,1-2H3,(H,33,34)/b14-8-. The van der Waals surface area contributed by atoms with E-state index in [1.165, 1.54) is 21.8 Å². The number of fused-ring (bicyclic) bond motifs is 4. The Kier molecular flexibility index (Phi) is 6.46. The number of nitrogens with zero attached hydrogens (tertiary/aromatic N) is 3. The van der Waals surface area contributed by atoms with Crippen LogP contribution in [0.25, 0.3) is 22.3 Å². The number of pyridine rings is 2. The van der Waals surface area contributed by atoms with Crippen LogP contribution in [0, 0.1) is 19.7 Å². The van der Waals surface area contributed by atoms with Gasteiger partial charge in [-0.2, -0.15) is 0 Å². The zero-order valence-electron chi connectivity index (χ0n) is 19.3. The zero-order chi connectivity index (χ0) is 25.4. The molecule has 0 fully saturated rings. The summed E-state index contributed by atoms with van der Waals surface area (Å²) in [5.41, 5.74) is 10.1. The van der Waals surface area contributed by atoms with E-state index in [4.69, 9.17) is 21.8 Å². The fourth-order valence-electron chi connectivity index (χ4n) is 4.33. The SMILES string of the molecule is Cc1cc2c(CN(N)/C=C(\N)CCO)c3c(nc2cc1F)-c1cc(C)c(COC(=O)O)c(=O)n1C3. The van der Waals surface area contributed by atoms with E-state index in [1.807, 2.05) is 0 Å². The molecular weight excluding hydrogens is 457 g/mol. The molecule has 0 saturated heterocycles. The smallest absolute Gasteiger partial charge is 0.450 e. The number of rotatable bonds is 7. The summed E-state index contributed by atoms with van der Waals surface area (Å²) < 4.78 is 20.6. The quantitative estimate of drug-likeness (QED) is 0.176. The average Bonchev–Trinajstić information content (AvgIpc) is 3.13. The van der Waals surface area contributed by atoms with Gasteiger partial charge in [0.2, 0.25) is 0 Å². The van der Waals surface area contributed by atoms with Gasteiger partial charge in [0.15, 0.2) is 0 Å². The van der Waals surface area contributed by atoms with Crippen LogP contribution in [0.4, 0.5) is 9.18 Å². The van der Waals surface area contributed by atoms with Gasteiger partial charge in [-0.15, -0.1) is 0 Å². The first-order valence-corrected chi connectivity index (χ1v) is 10.9. The summed E-state index contributed by atoms with van der Waals surface area (Å²) in [5, 5.41) is 20.0. The Hall–Kier alpha value is -3.96. The molecule has 3 heterocycles. The van der Waals surface area contributed by atoms with Crippen LogP contribution in [0.1, 0.15) is 34.2 Å². The number of ether oxygens (including phenoxy) is 1. The summed E-state index contributed by atoms with van der Waals surface area (Å²) >= 11 is 0. The number of carbonyl (C=O) groups is 1. The predicted molar refractivity (Wildman–Crippen MR) is 126 cm³/mol. The van der Waals surface area contributed by atoms with Crippen molar-refractivity contribution in [3.05, 3.63) is 74.1 Å². The van der Waals surface area contributed by atoms with E-state index in [2.05, 4.69) is 9.72 Å². The third kappa shape index (κ3) is 4.55. The van der Waals surface area contributed by atoms with Gasteiger partial charge in [0, 0.05) is 41.9 Å². The van der Waals surface area contributed by atoms with Crippen LogP contribution in [-0.2, 0) is 24.4 Å². The van der Waals surface area contributed by atoms with Gasteiger partial charge in [0.25, 0.3) is 5.56 Å². The lowest BCUT2D eigenvalue weighted by Gasteiger charge is -2.19. The van der Waals surface area contributed by atoms with Crippen LogP contribution in [0.3, 0.4) is 0 Å². The van der Waals surface area contributed by atoms with Crippen molar-refractivity contribution >= 4 is 17.1 Å². The summed E-state index contributed by atoms with van der Waals surface area (Å²) in [6, 6.07) is 4.80. The minimum absolute atomic E-state index is 0.117. The van der Waals surface area contributed by atoms with Crippen LogP contribution in [0.5, 0.6) is 0 Å². The lowest BCUT2D eigenvalue weighted by molar-refractivity contribution is 0.0848. The number of nitrogens with two attached hydrogens (primary N) is 2. The molecule has 3 aromatic rings. The van der Waals surface area contributed by atoms with Crippen LogP contribution < -0.4 is 17.1 Å². The average molecular weight is 484 g/mol. The number of aliphatic hydroxyl groups excluding tert-OH is 1. The Morgan fingerprint density at radius 2 is 2.03 bits per heavy atom. The second kappa shape index (κ2) is 9.35. The van der Waals surface area contributed by atoms with Gasteiger partial charge in [0.1, 0.15) is 12.4 Å². The maximum absolute atomic E-state index is 14.4. The molecule has 35 heavy (non-hydrogen) atoms. The maximum Gasteiger partial charge on any atom is 0.506 e. The van der Waals surface area contributed by atoms with E-state index >= 15 is 0 Å². The third-order valence-corrected chi connectivity index (χ3v) is 6.08. The molecule has 10 nitrogen and oxygen atoms in total. The molecule has 0 amide bonds. The van der Waals surface area contributed by atoms with Crippen molar-refractivity contribution in [3.63, 3.8) is 0 Å². The molecule has 0 radical (unpaired) electrons. The number of hydrogen-bond donors (Lipinski definition) is 4. The highest BCUT2D eigenvalue weighted by molar-refractivity contribution is 5.88. The Morgan fingerprint density at radius 3 is 2.71 bits per heavy atom. The molecule has 2 aromatic heterocycles. The minimum Gasteiger partial charge on any atom is -0.450 e. The van der Waals surface area contributed by atoms with Crippen molar-refractivity contribution < 1.29 is 24.1 Å². The first-order valence-electron chi connectivity index (χ1n) is 10.9. The van der Waals surface area contributed by atoms with Crippen LogP contribution in [0.2, 0.25) is 0 Å². The molecule has 184 valence electrons. The number of carboxylic acid groups (broad SMARTS) is 1. The highest BCUT2D eigenvalue weighted by Gasteiger charge is 2.28. The second-order valence-corrected chi connectivity index (χ2v) is 8.52. The summed E-state index contributed by atoms with van der Waals surface area (Å²) in [4.78, 5) is 28.8. The van der Waals surface area contributed by atoms with Gasteiger partial charge in [-0.1, -0.05) is 0 Å². The molecule has 0 atom stereocenters. The second-order valence-electron chi connectivity index (χ2n) is 8.52. The summed E-state index contributed by atoms with van der Waals surface area (Å²) in [7, 11) is 0. The molecule has 4 rings (SSSR count). The first kappa shape index (κ1) is 24.2. The van der Waals surface area contributed by atoms with E-state index < -0.39 is 12.0 Å². The fourth-order valence-corrected chi connectivity index (χ4v) is 4.33. The highest BCUT2D eigenvalue weighted by Crippen LogP contribution is 2.37. The number of aliphatic hydroxyl groups is 1. The van der Waals surface area contributed by atoms with Crippen molar-refractivity contribution in [2.24, 2.45) is 11.6 Å². The Labute approximate surface area is 199 Å². The minimum atomic E-state index is -1.47. The third-order valence-electron chi connectivity index (χ3n) is 6.08. The number of benzene rings is 1. The summed E-state index contributed by atoms with van der Waals surface area (Å²) in [6.45, 7) is 3.24. The van der Waals surface area contributed by atoms with E-state index in [9.17, 15) is 14.0 Å². The van der Waals surface area contributed by atoms with Crippen molar-refractivity contribution in [2.75, 3.05) is 6.61 Å². The van der Waals surface area contributed by atoms with Gasteiger partial charge in [-0.05, 0) is 42.7 Å². The monoisotopic (exact) mass is 483 g/mol. The lowest BCUT2D eigenvalue weighted by Crippen LogP contribution is -2.27. The van der Waals surface area contributed by atoms with Crippen molar-refractivity contribution in [1.29, 1.82) is 0 Å². The maximum atomic E-state index is 14.4. The number of aromatic nitrogens is 2. The highest BCUT2D eigenvalue weighted by atomic mass is 19.1. The van der Waals surface area contributed by atoms with Crippen LogP contribution in [-0.4, -0.2) is 37.5 Å². The topological polar surface area (TPSA) is 157 Å². The summed E-state index contributed by atoms with van der Waals surface area (Å²) in [6.07, 6.45) is 0.307. The normalized spacial score (nSPS) is 12.5. The number of hydrazine groups is 1. The van der Waals surface area contributed by atoms with E-state index in [0.29, 0.717) is 39.1 Å². The Bertz CT molecular complexity index is 1430. The van der Waals surface area contributed by atoms with Gasteiger partial charge < -0.3 is 30.3 Å². The summed E-state index contributed by atoms with van der Waals surface area (Å²) in [5.74, 6) is 5.80. The molecule has 1 aliphatic heterocycles. The molecule has 0 saturated carbocycles. The van der Waals surface area contributed by atoms with Gasteiger partial charge in [-0.3, -0.25) is 4.79 Å². The molecule has 0 bridgehead atoms. The van der Waals surface area contributed by atoms with Gasteiger partial charge in [-0.25, -0.2) is 20.0 Å². The van der Waals surface area contributed by atoms with Crippen LogP contribution >= 0.6 is 0 Å². The molecule has 0 unspecified atom stereocenters.